The summed E-state index contributed by atoms with van der Waals surface area (Å²) in [6.45, 7) is 4.22. The van der Waals surface area contributed by atoms with Crippen LogP contribution in [0.2, 0.25) is 0 Å². The average molecular weight is 391 g/mol. The number of amides is 2. The largest absolute Gasteiger partial charge is 0.378 e. The molecule has 2 heterocycles. The summed E-state index contributed by atoms with van der Waals surface area (Å²) in [5.74, 6) is -0.464. The SMILES string of the molecule is Cc1ccc(-n2cc(C(=O)Nc3cccc(C(=O)N4CCOCC4)c3)nn2)cc1. The van der Waals surface area contributed by atoms with Gasteiger partial charge in [0.1, 0.15) is 0 Å². The molecule has 0 atom stereocenters. The van der Waals surface area contributed by atoms with Crippen molar-refractivity contribution in [2.24, 2.45) is 0 Å². The molecule has 8 nitrogen and oxygen atoms in total. The molecule has 2 amide bonds. The third-order valence-electron chi connectivity index (χ3n) is 4.69. The zero-order valence-electron chi connectivity index (χ0n) is 16.0. The lowest BCUT2D eigenvalue weighted by molar-refractivity contribution is 0.0303. The Bertz CT molecular complexity index is 1020. The Balaban J connectivity index is 1.46. The molecule has 4 rings (SSSR count). The van der Waals surface area contributed by atoms with E-state index in [1.54, 1.807) is 40.0 Å². The third-order valence-corrected chi connectivity index (χ3v) is 4.69. The number of hydrogen-bond donors (Lipinski definition) is 1. The summed E-state index contributed by atoms with van der Waals surface area (Å²) in [4.78, 5) is 26.9. The van der Waals surface area contributed by atoms with Crippen LogP contribution in [-0.4, -0.2) is 58.0 Å². The Morgan fingerprint density at radius 3 is 2.59 bits per heavy atom. The zero-order chi connectivity index (χ0) is 20.2. The quantitative estimate of drug-likeness (QED) is 0.737. The number of aromatic nitrogens is 3. The van der Waals surface area contributed by atoms with Crippen molar-refractivity contribution in [1.29, 1.82) is 0 Å². The first-order valence-electron chi connectivity index (χ1n) is 9.38. The molecule has 0 unspecified atom stereocenters. The number of carbonyl (C=O) groups excluding carboxylic acids is 2. The van der Waals surface area contributed by atoms with Crippen molar-refractivity contribution in [3.05, 3.63) is 71.5 Å². The van der Waals surface area contributed by atoms with Gasteiger partial charge in [-0.3, -0.25) is 9.59 Å². The normalized spacial score (nSPS) is 13.9. The fourth-order valence-corrected chi connectivity index (χ4v) is 3.07. The van der Waals surface area contributed by atoms with Crippen molar-refractivity contribution in [3.63, 3.8) is 0 Å². The van der Waals surface area contributed by atoms with Gasteiger partial charge in [0.15, 0.2) is 5.69 Å². The van der Waals surface area contributed by atoms with Gasteiger partial charge in [-0.1, -0.05) is 29.0 Å². The highest BCUT2D eigenvalue weighted by Gasteiger charge is 2.19. The minimum Gasteiger partial charge on any atom is -0.378 e. The van der Waals surface area contributed by atoms with Crippen molar-refractivity contribution in [3.8, 4) is 5.69 Å². The van der Waals surface area contributed by atoms with Gasteiger partial charge < -0.3 is 15.0 Å². The smallest absolute Gasteiger partial charge is 0.277 e. The summed E-state index contributed by atoms with van der Waals surface area (Å²) in [6, 6.07) is 14.6. The number of benzene rings is 2. The van der Waals surface area contributed by atoms with Crippen LogP contribution in [0.5, 0.6) is 0 Å². The lowest BCUT2D eigenvalue weighted by Crippen LogP contribution is -2.40. The number of aryl methyl sites for hydroxylation is 1. The number of nitrogens with zero attached hydrogens (tertiary/aromatic N) is 4. The van der Waals surface area contributed by atoms with E-state index in [0.29, 0.717) is 37.6 Å². The molecule has 3 aromatic rings. The van der Waals surface area contributed by atoms with Crippen LogP contribution in [0.4, 0.5) is 5.69 Å². The van der Waals surface area contributed by atoms with Crippen LogP contribution < -0.4 is 5.32 Å². The topological polar surface area (TPSA) is 89.4 Å². The lowest BCUT2D eigenvalue weighted by atomic mass is 10.1. The summed E-state index contributed by atoms with van der Waals surface area (Å²) in [5.41, 5.74) is 3.20. The molecule has 1 N–H and O–H groups in total. The van der Waals surface area contributed by atoms with Crippen molar-refractivity contribution >= 4 is 17.5 Å². The summed E-state index contributed by atoms with van der Waals surface area (Å²) in [5, 5.41) is 10.8. The van der Waals surface area contributed by atoms with E-state index < -0.39 is 0 Å². The monoisotopic (exact) mass is 391 g/mol. The van der Waals surface area contributed by atoms with E-state index >= 15 is 0 Å². The highest BCUT2D eigenvalue weighted by molar-refractivity contribution is 6.03. The molecule has 1 saturated heterocycles. The molecule has 0 radical (unpaired) electrons. The second-order valence-electron chi connectivity index (χ2n) is 6.82. The maximum Gasteiger partial charge on any atom is 0.277 e. The van der Waals surface area contributed by atoms with Crippen molar-refractivity contribution < 1.29 is 14.3 Å². The van der Waals surface area contributed by atoms with Gasteiger partial charge in [-0.25, -0.2) is 4.68 Å². The molecule has 1 aromatic heterocycles. The van der Waals surface area contributed by atoms with Gasteiger partial charge in [0.2, 0.25) is 0 Å². The molecule has 0 bridgehead atoms. The van der Waals surface area contributed by atoms with Gasteiger partial charge in [-0.2, -0.15) is 0 Å². The van der Waals surface area contributed by atoms with Gasteiger partial charge >= 0.3 is 0 Å². The molecule has 29 heavy (non-hydrogen) atoms. The molecule has 0 saturated carbocycles. The maximum absolute atomic E-state index is 12.6. The molecule has 8 heteroatoms. The molecule has 1 fully saturated rings. The van der Waals surface area contributed by atoms with Crippen LogP contribution in [0.3, 0.4) is 0 Å². The van der Waals surface area contributed by atoms with E-state index in [0.717, 1.165) is 11.3 Å². The Morgan fingerprint density at radius 2 is 1.83 bits per heavy atom. The predicted octanol–water partition coefficient (Wildman–Crippen LogP) is 2.30. The summed E-state index contributed by atoms with van der Waals surface area (Å²) >= 11 is 0. The van der Waals surface area contributed by atoms with Crippen LogP contribution >= 0.6 is 0 Å². The lowest BCUT2D eigenvalue weighted by Gasteiger charge is -2.27. The number of ether oxygens (including phenoxy) is 1. The molecule has 1 aliphatic rings. The number of nitrogens with one attached hydrogen (secondary N) is 1. The van der Waals surface area contributed by atoms with Crippen LogP contribution in [0.15, 0.2) is 54.7 Å². The third kappa shape index (κ3) is 4.33. The summed E-state index contributed by atoms with van der Waals surface area (Å²) in [7, 11) is 0. The van der Waals surface area contributed by atoms with E-state index in [1.807, 2.05) is 31.2 Å². The van der Waals surface area contributed by atoms with Crippen molar-refractivity contribution in [2.45, 2.75) is 6.92 Å². The average Bonchev–Trinajstić information content (AvgIpc) is 3.25. The molecule has 2 aromatic carbocycles. The van der Waals surface area contributed by atoms with E-state index in [4.69, 9.17) is 4.74 Å². The molecule has 1 aliphatic heterocycles. The Morgan fingerprint density at radius 1 is 1.07 bits per heavy atom. The fourth-order valence-electron chi connectivity index (χ4n) is 3.07. The molecular formula is C21H21N5O3. The minimum atomic E-state index is -0.390. The van der Waals surface area contributed by atoms with Crippen molar-refractivity contribution in [1.82, 2.24) is 19.9 Å². The van der Waals surface area contributed by atoms with Crippen LogP contribution in [0.25, 0.3) is 5.69 Å². The first-order chi connectivity index (χ1) is 14.1. The van der Waals surface area contributed by atoms with Crippen molar-refractivity contribution in [2.75, 3.05) is 31.6 Å². The maximum atomic E-state index is 12.6. The van der Waals surface area contributed by atoms with E-state index in [1.165, 1.54) is 0 Å². The zero-order valence-corrected chi connectivity index (χ0v) is 16.0. The number of anilines is 1. The fraction of sp³-hybridized carbons (Fsp3) is 0.238. The highest BCUT2D eigenvalue weighted by Crippen LogP contribution is 2.15. The predicted molar refractivity (Wildman–Crippen MR) is 107 cm³/mol. The second kappa shape index (κ2) is 8.24. The van der Waals surface area contributed by atoms with Crippen LogP contribution in [0.1, 0.15) is 26.4 Å². The number of hydrogen-bond acceptors (Lipinski definition) is 5. The van der Waals surface area contributed by atoms with Crippen LogP contribution in [0, 0.1) is 6.92 Å². The Hall–Kier alpha value is -3.52. The Labute approximate surface area is 168 Å². The molecule has 0 spiro atoms. The molecular weight excluding hydrogens is 370 g/mol. The summed E-state index contributed by atoms with van der Waals surface area (Å²) < 4.78 is 6.83. The Kier molecular flexibility index (Phi) is 5.35. The first-order valence-corrected chi connectivity index (χ1v) is 9.38. The standard InChI is InChI=1S/C21H21N5O3/c1-15-5-7-18(8-6-15)26-14-19(23-24-26)20(27)22-17-4-2-3-16(13-17)21(28)25-9-11-29-12-10-25/h2-8,13-14H,9-12H2,1H3,(H,22,27). The number of morpholine rings is 1. The van der Waals surface area contributed by atoms with Gasteiger partial charge in [0.05, 0.1) is 25.1 Å². The summed E-state index contributed by atoms with van der Waals surface area (Å²) in [6.07, 6.45) is 1.57. The van der Waals surface area contributed by atoms with E-state index in [2.05, 4.69) is 15.6 Å². The van der Waals surface area contributed by atoms with Gasteiger partial charge in [0.25, 0.3) is 11.8 Å². The second-order valence-corrected chi connectivity index (χ2v) is 6.82. The molecule has 0 aliphatic carbocycles. The molecule has 148 valence electrons. The number of rotatable bonds is 4. The first kappa shape index (κ1) is 18.8. The van der Waals surface area contributed by atoms with Crippen LogP contribution in [-0.2, 0) is 4.74 Å². The van der Waals surface area contributed by atoms with E-state index in [9.17, 15) is 9.59 Å². The van der Waals surface area contributed by atoms with Gasteiger partial charge in [-0.05, 0) is 37.3 Å². The minimum absolute atomic E-state index is 0.0743. The van der Waals surface area contributed by atoms with E-state index in [-0.39, 0.29) is 17.5 Å². The van der Waals surface area contributed by atoms with Gasteiger partial charge in [0, 0.05) is 24.3 Å². The highest BCUT2D eigenvalue weighted by atomic mass is 16.5. The van der Waals surface area contributed by atoms with Gasteiger partial charge in [-0.15, -0.1) is 5.10 Å². The number of carbonyl (C=O) groups is 2.